The number of rotatable bonds is 7. The van der Waals surface area contributed by atoms with Crippen LogP contribution in [0.5, 0.6) is 5.75 Å². The SMILES string of the molecule is COc1c(C(=O)NC2CCN(C(=O)CO)CC2)n(C)c2c1c(=O)n(CC(=O)c1ccccc1)c1ccc(F)cc21. The zero-order valence-electron chi connectivity index (χ0n) is 22.1. The van der Waals surface area contributed by atoms with Crippen LogP contribution in [0.4, 0.5) is 4.39 Å². The van der Waals surface area contributed by atoms with Crippen molar-refractivity contribution in [3.05, 3.63) is 76.0 Å². The molecule has 40 heavy (non-hydrogen) atoms. The average molecular weight is 549 g/mol. The number of hydrogen-bond donors (Lipinski definition) is 2. The second-order valence-corrected chi connectivity index (χ2v) is 9.79. The fourth-order valence-electron chi connectivity index (χ4n) is 5.45. The highest BCUT2D eigenvalue weighted by atomic mass is 19.1. The molecule has 5 rings (SSSR count). The molecule has 0 aliphatic carbocycles. The molecule has 2 amide bonds. The van der Waals surface area contributed by atoms with E-state index in [1.807, 2.05) is 0 Å². The number of amides is 2. The second-order valence-electron chi connectivity index (χ2n) is 9.79. The van der Waals surface area contributed by atoms with Gasteiger partial charge in [0.2, 0.25) is 5.91 Å². The first-order valence-corrected chi connectivity index (χ1v) is 12.9. The Morgan fingerprint density at radius 3 is 2.45 bits per heavy atom. The molecule has 1 aliphatic rings. The Kier molecular flexibility index (Phi) is 7.40. The van der Waals surface area contributed by atoms with Gasteiger partial charge in [-0.25, -0.2) is 4.39 Å². The van der Waals surface area contributed by atoms with Gasteiger partial charge in [0.25, 0.3) is 11.5 Å². The molecule has 10 nitrogen and oxygen atoms in total. The van der Waals surface area contributed by atoms with Crippen LogP contribution < -0.4 is 15.6 Å². The van der Waals surface area contributed by atoms with Gasteiger partial charge in [0.1, 0.15) is 17.8 Å². The lowest BCUT2D eigenvalue weighted by Gasteiger charge is -2.32. The number of pyridine rings is 1. The number of nitrogens with one attached hydrogen (secondary N) is 1. The number of aliphatic hydroxyl groups is 1. The van der Waals surface area contributed by atoms with Gasteiger partial charge in [-0.05, 0) is 31.0 Å². The summed E-state index contributed by atoms with van der Waals surface area (Å²) in [5.74, 6) is -1.66. The number of methoxy groups -OCH3 is 1. The number of benzene rings is 2. The standard InChI is InChI=1S/C29H29FN4O6/c1-32-25-20-14-18(30)8-9-21(20)34(15-22(36)17-6-4-3-5-7-17)29(39)24(25)27(40-2)26(32)28(38)31-19-10-12-33(13-11-19)23(37)16-35/h3-9,14,19,35H,10-13,15-16H2,1-2H3,(H,31,38). The maximum Gasteiger partial charge on any atom is 0.272 e. The lowest BCUT2D eigenvalue weighted by Crippen LogP contribution is -2.47. The van der Waals surface area contributed by atoms with Crippen molar-refractivity contribution >= 4 is 39.4 Å². The Balaban J connectivity index is 1.59. The number of aliphatic hydroxyl groups excluding tert-OH is 1. The van der Waals surface area contributed by atoms with Crippen molar-refractivity contribution in [1.82, 2.24) is 19.4 Å². The summed E-state index contributed by atoms with van der Waals surface area (Å²) in [5, 5.41) is 12.5. The predicted molar refractivity (Wildman–Crippen MR) is 146 cm³/mol. The molecule has 1 saturated heterocycles. The number of nitrogens with zero attached hydrogens (tertiary/aromatic N) is 3. The number of likely N-dealkylation sites (tertiary alicyclic amines) is 1. The first kappa shape index (κ1) is 27.1. The molecule has 4 aromatic rings. The van der Waals surface area contributed by atoms with E-state index in [1.165, 1.54) is 34.4 Å². The maximum absolute atomic E-state index is 14.5. The Morgan fingerprint density at radius 1 is 1.10 bits per heavy atom. The topological polar surface area (TPSA) is 123 Å². The molecule has 2 N–H and O–H groups in total. The minimum absolute atomic E-state index is 0.0277. The molecule has 208 valence electrons. The van der Waals surface area contributed by atoms with E-state index in [2.05, 4.69) is 5.32 Å². The number of fused-ring (bicyclic) bond motifs is 3. The number of aromatic nitrogens is 2. The number of piperidine rings is 1. The summed E-state index contributed by atoms with van der Waals surface area (Å²) in [5.41, 5.74) is 0.631. The van der Waals surface area contributed by atoms with Crippen molar-refractivity contribution < 1.29 is 28.6 Å². The van der Waals surface area contributed by atoms with E-state index < -0.39 is 23.9 Å². The first-order valence-electron chi connectivity index (χ1n) is 12.9. The minimum Gasteiger partial charge on any atom is -0.493 e. The van der Waals surface area contributed by atoms with Crippen LogP contribution in [0.15, 0.2) is 53.3 Å². The molecule has 0 bridgehead atoms. The summed E-state index contributed by atoms with van der Waals surface area (Å²) >= 11 is 0. The van der Waals surface area contributed by atoms with Gasteiger partial charge in [0.05, 0.1) is 24.7 Å². The second kappa shape index (κ2) is 10.9. The molecular weight excluding hydrogens is 519 g/mol. The van der Waals surface area contributed by atoms with Gasteiger partial charge < -0.3 is 24.6 Å². The fourth-order valence-corrected chi connectivity index (χ4v) is 5.45. The van der Waals surface area contributed by atoms with Crippen LogP contribution in [0.1, 0.15) is 33.7 Å². The molecule has 0 atom stereocenters. The van der Waals surface area contributed by atoms with Crippen LogP contribution in [0, 0.1) is 5.82 Å². The maximum atomic E-state index is 14.5. The van der Waals surface area contributed by atoms with Crippen LogP contribution >= 0.6 is 0 Å². The third kappa shape index (κ3) is 4.73. The third-order valence-corrected chi connectivity index (χ3v) is 7.45. The van der Waals surface area contributed by atoms with Gasteiger partial charge in [0, 0.05) is 37.1 Å². The number of hydrogen-bond acceptors (Lipinski definition) is 6. The van der Waals surface area contributed by atoms with Crippen LogP contribution in [0.2, 0.25) is 0 Å². The number of ether oxygens (including phenoxy) is 1. The number of ketones is 1. The highest BCUT2D eigenvalue weighted by Gasteiger charge is 2.30. The third-order valence-electron chi connectivity index (χ3n) is 7.45. The lowest BCUT2D eigenvalue weighted by molar-refractivity contribution is -0.135. The van der Waals surface area contributed by atoms with Crippen LogP contribution in [-0.2, 0) is 18.4 Å². The Labute approximate surface area is 228 Å². The average Bonchev–Trinajstić information content (AvgIpc) is 3.28. The number of carbonyl (C=O) groups is 3. The first-order chi connectivity index (χ1) is 19.2. The van der Waals surface area contributed by atoms with Gasteiger partial charge in [-0.15, -0.1) is 0 Å². The van der Waals surface area contributed by atoms with E-state index in [-0.39, 0.29) is 41.1 Å². The molecular formula is C29H29FN4O6. The number of halogens is 1. The quantitative estimate of drug-likeness (QED) is 0.342. The summed E-state index contributed by atoms with van der Waals surface area (Å²) in [6.45, 7) is -0.0693. The van der Waals surface area contributed by atoms with Gasteiger partial charge in [-0.3, -0.25) is 23.7 Å². The van der Waals surface area contributed by atoms with Crippen molar-refractivity contribution in [3.63, 3.8) is 0 Å². The summed E-state index contributed by atoms with van der Waals surface area (Å²) in [7, 11) is 2.95. The van der Waals surface area contributed by atoms with Crippen molar-refractivity contribution in [2.45, 2.75) is 25.4 Å². The van der Waals surface area contributed by atoms with Crippen LogP contribution in [0.25, 0.3) is 21.8 Å². The number of carbonyl (C=O) groups excluding carboxylic acids is 3. The molecule has 0 unspecified atom stereocenters. The van der Waals surface area contributed by atoms with E-state index in [1.54, 1.807) is 42.3 Å². The van der Waals surface area contributed by atoms with Crippen LogP contribution in [-0.4, -0.2) is 69.6 Å². The smallest absolute Gasteiger partial charge is 0.272 e. The Hall–Kier alpha value is -4.51. The molecule has 0 radical (unpaired) electrons. The molecule has 2 aromatic carbocycles. The van der Waals surface area contributed by atoms with Gasteiger partial charge in [-0.1, -0.05) is 30.3 Å². The summed E-state index contributed by atoms with van der Waals surface area (Å²) in [6, 6.07) is 12.3. The molecule has 2 aromatic heterocycles. The summed E-state index contributed by atoms with van der Waals surface area (Å²) in [6.07, 6.45) is 0.985. The van der Waals surface area contributed by atoms with E-state index >= 15 is 0 Å². The zero-order valence-corrected chi connectivity index (χ0v) is 22.1. The van der Waals surface area contributed by atoms with E-state index in [0.29, 0.717) is 47.9 Å². The zero-order chi connectivity index (χ0) is 28.6. The van der Waals surface area contributed by atoms with E-state index in [9.17, 15) is 23.6 Å². The molecule has 3 heterocycles. The van der Waals surface area contributed by atoms with Gasteiger partial charge >= 0.3 is 0 Å². The Bertz CT molecular complexity index is 1690. The molecule has 0 spiro atoms. The summed E-state index contributed by atoms with van der Waals surface area (Å²) < 4.78 is 22.9. The van der Waals surface area contributed by atoms with Crippen molar-refractivity contribution in [3.8, 4) is 5.75 Å². The lowest BCUT2D eigenvalue weighted by atomic mass is 10.0. The number of aryl methyl sites for hydroxylation is 1. The van der Waals surface area contributed by atoms with E-state index in [4.69, 9.17) is 9.84 Å². The predicted octanol–water partition coefficient (Wildman–Crippen LogP) is 2.24. The minimum atomic E-state index is -0.562. The van der Waals surface area contributed by atoms with Crippen molar-refractivity contribution in [1.29, 1.82) is 0 Å². The molecule has 0 saturated carbocycles. The fraction of sp³-hybridized carbons (Fsp3) is 0.310. The summed E-state index contributed by atoms with van der Waals surface area (Å²) in [4.78, 5) is 53.9. The van der Waals surface area contributed by atoms with E-state index in [0.717, 1.165) is 0 Å². The molecule has 1 aliphatic heterocycles. The monoisotopic (exact) mass is 548 g/mol. The number of Topliss-reactive ketones (excluding diaryl/α,β-unsaturated/α-hetero) is 1. The Morgan fingerprint density at radius 2 is 1.80 bits per heavy atom. The van der Waals surface area contributed by atoms with Gasteiger partial charge in [0.15, 0.2) is 17.2 Å². The van der Waals surface area contributed by atoms with Gasteiger partial charge in [-0.2, -0.15) is 0 Å². The molecule has 1 fully saturated rings. The highest BCUT2D eigenvalue weighted by Crippen LogP contribution is 2.35. The van der Waals surface area contributed by atoms with Crippen molar-refractivity contribution in [2.24, 2.45) is 7.05 Å². The van der Waals surface area contributed by atoms with Crippen molar-refractivity contribution in [2.75, 3.05) is 26.8 Å². The highest BCUT2D eigenvalue weighted by molar-refractivity contribution is 6.12. The van der Waals surface area contributed by atoms with Crippen LogP contribution in [0.3, 0.4) is 0 Å². The normalized spacial score (nSPS) is 14.1. The molecule has 11 heteroatoms. The largest absolute Gasteiger partial charge is 0.493 e.